The Morgan fingerprint density at radius 2 is 1.18 bits per heavy atom. The molecule has 0 fully saturated rings. The molecule has 0 aliphatic rings. The highest BCUT2D eigenvalue weighted by atomic mass is 16.7. The van der Waals surface area contributed by atoms with Crippen molar-refractivity contribution >= 4 is 0 Å². The first-order valence-corrected chi connectivity index (χ1v) is 5.75. The summed E-state index contributed by atoms with van der Waals surface area (Å²) in [5.74, 6) is 2.19. The third-order valence-electron chi connectivity index (χ3n) is 2.35. The fraction of sp³-hybridized carbons (Fsp3) is 0.125. The minimum Gasteiger partial charge on any atom is -0.504 e. The molecular weight excluding hydrogens is 208 g/mol. The van der Waals surface area contributed by atoms with Gasteiger partial charge < -0.3 is 4.37 Å². The van der Waals surface area contributed by atoms with E-state index in [0.717, 1.165) is 11.5 Å². The van der Waals surface area contributed by atoms with Gasteiger partial charge in [0.15, 0.2) is 0 Å². The fourth-order valence-corrected chi connectivity index (χ4v) is 1.64. The standard InChI is InChI=1S/C16H17O/c1-14(2)13-17(15-9-5-3-6-10-15)16-11-7-4-8-12-16/h3-13H,1-2H3/q+1. The molecule has 2 aromatic carbocycles. The minimum absolute atomic E-state index is 1.10. The van der Waals surface area contributed by atoms with Gasteiger partial charge in [0.2, 0.25) is 6.26 Å². The van der Waals surface area contributed by atoms with Crippen molar-refractivity contribution in [3.8, 4) is 11.5 Å². The number of hydrogen-bond donors (Lipinski definition) is 0. The first-order valence-electron chi connectivity index (χ1n) is 5.75. The van der Waals surface area contributed by atoms with Gasteiger partial charge in [0.1, 0.15) is 0 Å². The molecule has 0 aliphatic heterocycles. The van der Waals surface area contributed by atoms with Gasteiger partial charge in [-0.05, 0) is 13.8 Å². The van der Waals surface area contributed by atoms with E-state index in [1.54, 1.807) is 0 Å². The first-order chi connectivity index (χ1) is 8.27. The molecule has 0 aliphatic carbocycles. The van der Waals surface area contributed by atoms with Gasteiger partial charge >= 0.3 is 0 Å². The predicted octanol–water partition coefficient (Wildman–Crippen LogP) is 4.94. The van der Waals surface area contributed by atoms with E-state index in [1.165, 1.54) is 5.57 Å². The lowest BCUT2D eigenvalue weighted by molar-refractivity contribution is 0.226. The van der Waals surface area contributed by atoms with E-state index in [4.69, 9.17) is 0 Å². The summed E-state index contributed by atoms with van der Waals surface area (Å²) in [6.07, 6.45) is 2.07. The van der Waals surface area contributed by atoms with Gasteiger partial charge in [-0.15, -0.1) is 0 Å². The molecule has 0 saturated heterocycles. The molecule has 0 atom stereocenters. The summed E-state index contributed by atoms with van der Waals surface area (Å²) in [7, 11) is 0. The zero-order valence-corrected chi connectivity index (χ0v) is 10.3. The zero-order valence-electron chi connectivity index (χ0n) is 10.3. The maximum absolute atomic E-state index is 3.12. The highest BCUT2D eigenvalue weighted by Gasteiger charge is 2.12. The molecule has 0 radical (unpaired) electrons. The average Bonchev–Trinajstić information content (AvgIpc) is 2.38. The molecule has 2 rings (SSSR count). The van der Waals surface area contributed by atoms with Crippen LogP contribution in [-0.4, -0.2) is 0 Å². The Morgan fingerprint density at radius 3 is 1.53 bits per heavy atom. The van der Waals surface area contributed by atoms with Crippen LogP contribution in [0.4, 0.5) is 0 Å². The lowest BCUT2D eigenvalue weighted by atomic mass is 10.3. The second kappa shape index (κ2) is 5.35. The summed E-state index contributed by atoms with van der Waals surface area (Å²) in [5, 5.41) is 0. The number of benzene rings is 2. The molecular formula is C16H17O+. The highest BCUT2D eigenvalue weighted by molar-refractivity contribution is 5.35. The second-order valence-corrected chi connectivity index (χ2v) is 4.16. The Morgan fingerprint density at radius 1 is 0.765 bits per heavy atom. The Kier molecular flexibility index (Phi) is 3.61. The zero-order chi connectivity index (χ0) is 12.1. The lowest BCUT2D eigenvalue weighted by Crippen LogP contribution is -2.05. The maximum Gasteiger partial charge on any atom is 0.267 e. The third-order valence-corrected chi connectivity index (χ3v) is 2.35. The van der Waals surface area contributed by atoms with Gasteiger partial charge in [0.05, 0.1) is 0 Å². The molecule has 17 heavy (non-hydrogen) atoms. The van der Waals surface area contributed by atoms with Crippen LogP contribution in [0.3, 0.4) is 0 Å². The highest BCUT2D eigenvalue weighted by Crippen LogP contribution is 2.29. The maximum atomic E-state index is 3.12. The molecule has 0 N–H and O–H groups in total. The number of para-hydroxylation sites is 2. The molecule has 0 spiro atoms. The van der Waals surface area contributed by atoms with Crippen molar-refractivity contribution in [2.75, 3.05) is 0 Å². The van der Waals surface area contributed by atoms with Gasteiger partial charge in [0.25, 0.3) is 11.5 Å². The largest absolute Gasteiger partial charge is 0.504 e. The molecule has 1 nitrogen and oxygen atoms in total. The normalized spacial score (nSPS) is 9.76. The molecule has 0 saturated carbocycles. The van der Waals surface area contributed by atoms with Crippen molar-refractivity contribution in [3.63, 3.8) is 0 Å². The number of allylic oxidation sites excluding steroid dienone is 1. The van der Waals surface area contributed by atoms with Gasteiger partial charge in [-0.25, -0.2) is 0 Å². The van der Waals surface area contributed by atoms with Crippen LogP contribution in [0.1, 0.15) is 13.8 Å². The van der Waals surface area contributed by atoms with E-state index < -0.39 is 0 Å². The molecule has 0 amide bonds. The Bertz CT molecular complexity index is 442. The summed E-state index contributed by atoms with van der Waals surface area (Å²) in [6.45, 7) is 4.18. The van der Waals surface area contributed by atoms with Crippen molar-refractivity contribution in [3.05, 3.63) is 72.5 Å². The van der Waals surface area contributed by atoms with Crippen molar-refractivity contribution in [2.24, 2.45) is 0 Å². The van der Waals surface area contributed by atoms with Crippen LogP contribution in [0.25, 0.3) is 0 Å². The smallest absolute Gasteiger partial charge is 0.267 e. The Labute approximate surface area is 103 Å². The average molecular weight is 225 g/mol. The molecule has 86 valence electrons. The van der Waals surface area contributed by atoms with E-state index in [-0.39, 0.29) is 0 Å². The van der Waals surface area contributed by atoms with Crippen LogP contribution in [0.5, 0.6) is 11.5 Å². The van der Waals surface area contributed by atoms with Crippen LogP contribution in [-0.2, 0) is 0 Å². The van der Waals surface area contributed by atoms with E-state index >= 15 is 0 Å². The van der Waals surface area contributed by atoms with Crippen molar-refractivity contribution in [2.45, 2.75) is 13.8 Å². The summed E-state index contributed by atoms with van der Waals surface area (Å²) >= 11 is 0. The van der Waals surface area contributed by atoms with Gasteiger partial charge in [-0.3, -0.25) is 0 Å². The number of rotatable bonds is 3. The second-order valence-electron chi connectivity index (χ2n) is 4.16. The first kappa shape index (κ1) is 11.5. The van der Waals surface area contributed by atoms with Crippen LogP contribution < -0.4 is 4.37 Å². The van der Waals surface area contributed by atoms with Crippen LogP contribution in [0.15, 0.2) is 72.5 Å². The van der Waals surface area contributed by atoms with Crippen molar-refractivity contribution < 1.29 is 4.37 Å². The van der Waals surface area contributed by atoms with E-state index in [1.807, 2.05) is 36.4 Å². The molecule has 1 heteroatoms. The van der Waals surface area contributed by atoms with Crippen molar-refractivity contribution in [1.82, 2.24) is 0 Å². The summed E-state index contributed by atoms with van der Waals surface area (Å²) in [6, 6.07) is 20.5. The minimum atomic E-state index is 1.10. The molecule has 0 heterocycles. The topological polar surface area (TPSA) is 2.70 Å². The molecule has 0 unspecified atom stereocenters. The molecule has 0 bridgehead atoms. The number of hydrogen-bond acceptors (Lipinski definition) is 0. The quantitative estimate of drug-likeness (QED) is 0.514. The summed E-state index contributed by atoms with van der Waals surface area (Å²) in [5.41, 5.74) is 1.24. The van der Waals surface area contributed by atoms with Crippen LogP contribution >= 0.6 is 0 Å². The van der Waals surface area contributed by atoms with Gasteiger partial charge in [-0.2, -0.15) is 0 Å². The summed E-state index contributed by atoms with van der Waals surface area (Å²) in [4.78, 5) is 0. The summed E-state index contributed by atoms with van der Waals surface area (Å²) < 4.78 is 3.12. The van der Waals surface area contributed by atoms with Gasteiger partial charge in [0, 0.05) is 29.8 Å². The van der Waals surface area contributed by atoms with Gasteiger partial charge in [-0.1, -0.05) is 36.4 Å². The predicted molar refractivity (Wildman–Crippen MR) is 72.4 cm³/mol. The Balaban J connectivity index is 2.43. The lowest BCUT2D eigenvalue weighted by Gasteiger charge is -2.18. The SMILES string of the molecule is CC(C)=C[O+](c1ccccc1)c1ccccc1. The van der Waals surface area contributed by atoms with Crippen LogP contribution in [0, 0.1) is 0 Å². The van der Waals surface area contributed by atoms with E-state index in [9.17, 15) is 0 Å². The van der Waals surface area contributed by atoms with E-state index in [2.05, 4.69) is 48.7 Å². The fourth-order valence-electron chi connectivity index (χ4n) is 1.64. The van der Waals surface area contributed by atoms with Crippen molar-refractivity contribution in [1.29, 1.82) is 0 Å². The Hall–Kier alpha value is -2.02. The monoisotopic (exact) mass is 225 g/mol. The molecule has 2 aromatic rings. The van der Waals surface area contributed by atoms with E-state index in [0.29, 0.717) is 0 Å². The van der Waals surface area contributed by atoms with Crippen LogP contribution in [0.2, 0.25) is 0 Å². The third kappa shape index (κ3) is 2.97. The molecule has 0 aromatic heterocycles.